The van der Waals surface area contributed by atoms with Crippen LogP contribution in [0.5, 0.6) is 0 Å². The molecule has 0 aliphatic carbocycles. The minimum absolute atomic E-state index is 0.213. The topological polar surface area (TPSA) is 68.5 Å². The van der Waals surface area contributed by atoms with Crippen molar-refractivity contribution in [1.29, 1.82) is 0 Å². The molecule has 0 amide bonds. The van der Waals surface area contributed by atoms with E-state index in [4.69, 9.17) is 9.84 Å². The maximum atomic E-state index is 11.6. The molecule has 0 aliphatic heterocycles. The van der Waals surface area contributed by atoms with E-state index in [1.807, 2.05) is 0 Å². The van der Waals surface area contributed by atoms with E-state index >= 15 is 0 Å². The fraction of sp³-hybridized carbons (Fsp3) is 0.333. The van der Waals surface area contributed by atoms with Crippen LogP contribution in [-0.4, -0.2) is 28.2 Å². The van der Waals surface area contributed by atoms with Crippen molar-refractivity contribution in [2.45, 2.75) is 19.9 Å². The van der Waals surface area contributed by atoms with Gasteiger partial charge in [0, 0.05) is 18.4 Å². The number of aromatic nitrogens is 1. The molecule has 0 unspecified atom stereocenters. The maximum absolute atomic E-state index is 11.6. The predicted molar refractivity (Wildman–Crippen MR) is 61.9 cm³/mol. The van der Waals surface area contributed by atoms with Crippen LogP contribution in [0.4, 0.5) is 0 Å². The van der Waals surface area contributed by atoms with Crippen LogP contribution in [0.1, 0.15) is 23.0 Å². The smallest absolute Gasteiger partial charge is 0.339 e. The molecule has 0 fully saturated rings. The van der Waals surface area contributed by atoms with Crippen LogP contribution in [0.3, 0.4) is 0 Å². The number of hydrogen-bond acceptors (Lipinski definition) is 3. The zero-order valence-corrected chi connectivity index (χ0v) is 9.68. The summed E-state index contributed by atoms with van der Waals surface area (Å²) < 4.78 is 6.54. The summed E-state index contributed by atoms with van der Waals surface area (Å²) in [6, 6.07) is 1.57. The first-order valence-electron chi connectivity index (χ1n) is 5.28. The van der Waals surface area contributed by atoms with E-state index in [2.05, 4.69) is 6.58 Å². The maximum Gasteiger partial charge on any atom is 0.339 e. The number of carboxylic acids is 1. The van der Waals surface area contributed by atoms with E-state index in [0.717, 1.165) is 0 Å². The van der Waals surface area contributed by atoms with Gasteiger partial charge >= 0.3 is 11.9 Å². The number of carbonyl (C=O) groups excluding carboxylic acids is 1. The Hall–Kier alpha value is -2.04. The average Bonchev–Trinajstić information content (AvgIpc) is 2.62. The SMILES string of the molecule is C=CCn1ccc(C(=O)OCC)c1CC(=O)O. The third-order valence-corrected chi connectivity index (χ3v) is 2.22. The highest BCUT2D eigenvalue weighted by atomic mass is 16.5. The van der Waals surface area contributed by atoms with Crippen LogP contribution in [0.15, 0.2) is 24.9 Å². The van der Waals surface area contributed by atoms with Gasteiger partial charge in [0.15, 0.2) is 0 Å². The summed E-state index contributed by atoms with van der Waals surface area (Å²) in [5, 5.41) is 8.82. The van der Waals surface area contributed by atoms with Crippen molar-refractivity contribution >= 4 is 11.9 Å². The molecule has 0 bridgehead atoms. The monoisotopic (exact) mass is 237 g/mol. The van der Waals surface area contributed by atoms with Gasteiger partial charge in [-0.3, -0.25) is 4.79 Å². The first kappa shape index (κ1) is 13.0. The molecule has 0 saturated heterocycles. The van der Waals surface area contributed by atoms with Gasteiger partial charge < -0.3 is 14.4 Å². The molecule has 92 valence electrons. The van der Waals surface area contributed by atoms with Gasteiger partial charge in [-0.05, 0) is 13.0 Å². The molecule has 0 aliphatic rings. The normalized spacial score (nSPS) is 9.94. The molecule has 1 aromatic heterocycles. The number of carbonyl (C=O) groups is 2. The Morgan fingerprint density at radius 2 is 2.29 bits per heavy atom. The summed E-state index contributed by atoms with van der Waals surface area (Å²) in [5.74, 6) is -1.48. The van der Waals surface area contributed by atoms with Crippen molar-refractivity contribution in [3.8, 4) is 0 Å². The van der Waals surface area contributed by atoms with Crippen LogP contribution < -0.4 is 0 Å². The van der Waals surface area contributed by atoms with Crippen molar-refractivity contribution in [3.63, 3.8) is 0 Å². The van der Waals surface area contributed by atoms with Crippen molar-refractivity contribution in [2.75, 3.05) is 6.61 Å². The third kappa shape index (κ3) is 3.21. The molecule has 1 rings (SSSR count). The van der Waals surface area contributed by atoms with Gasteiger partial charge in [-0.1, -0.05) is 6.08 Å². The highest BCUT2D eigenvalue weighted by Crippen LogP contribution is 2.14. The lowest BCUT2D eigenvalue weighted by molar-refractivity contribution is -0.136. The molecule has 0 saturated carbocycles. The van der Waals surface area contributed by atoms with Gasteiger partial charge in [-0.15, -0.1) is 6.58 Å². The summed E-state index contributed by atoms with van der Waals surface area (Å²) in [6.07, 6.45) is 3.08. The lowest BCUT2D eigenvalue weighted by Crippen LogP contribution is -2.13. The van der Waals surface area contributed by atoms with E-state index in [1.165, 1.54) is 0 Å². The van der Waals surface area contributed by atoms with Crippen LogP contribution in [0.2, 0.25) is 0 Å². The van der Waals surface area contributed by atoms with Crippen LogP contribution in [-0.2, 0) is 22.5 Å². The summed E-state index contributed by atoms with van der Waals surface area (Å²) in [6.45, 7) is 6.01. The average molecular weight is 237 g/mol. The summed E-state index contributed by atoms with van der Waals surface area (Å²) >= 11 is 0. The number of esters is 1. The van der Waals surface area contributed by atoms with Gasteiger partial charge in [0.05, 0.1) is 18.6 Å². The van der Waals surface area contributed by atoms with Gasteiger partial charge in [-0.2, -0.15) is 0 Å². The fourth-order valence-electron chi connectivity index (χ4n) is 1.55. The molecule has 0 aromatic carbocycles. The number of ether oxygens (including phenoxy) is 1. The molecule has 1 N–H and O–H groups in total. The quantitative estimate of drug-likeness (QED) is 0.601. The van der Waals surface area contributed by atoms with Crippen molar-refractivity contribution in [2.24, 2.45) is 0 Å². The van der Waals surface area contributed by atoms with E-state index in [1.54, 1.807) is 29.8 Å². The standard InChI is InChI=1S/C12H15NO4/c1-3-6-13-7-5-9(12(16)17-4-2)10(13)8-11(14)15/h3,5,7H,1,4,6,8H2,2H3,(H,14,15). The summed E-state index contributed by atoms with van der Waals surface area (Å²) in [7, 11) is 0. The molecule has 5 nitrogen and oxygen atoms in total. The predicted octanol–water partition coefficient (Wildman–Crippen LogP) is 1.48. The van der Waals surface area contributed by atoms with Crippen molar-refractivity contribution in [3.05, 3.63) is 36.2 Å². The number of nitrogens with zero attached hydrogens (tertiary/aromatic N) is 1. The second-order valence-electron chi connectivity index (χ2n) is 3.41. The minimum atomic E-state index is -0.987. The minimum Gasteiger partial charge on any atom is -0.481 e. The van der Waals surface area contributed by atoms with E-state index < -0.39 is 11.9 Å². The van der Waals surface area contributed by atoms with Crippen LogP contribution in [0.25, 0.3) is 0 Å². The Morgan fingerprint density at radius 3 is 2.82 bits per heavy atom. The van der Waals surface area contributed by atoms with Gasteiger partial charge in [-0.25, -0.2) is 4.79 Å². The van der Waals surface area contributed by atoms with Crippen molar-refractivity contribution < 1.29 is 19.4 Å². The number of allylic oxidation sites excluding steroid dienone is 1. The van der Waals surface area contributed by atoms with E-state index in [9.17, 15) is 9.59 Å². The molecular formula is C12H15NO4. The van der Waals surface area contributed by atoms with E-state index in [0.29, 0.717) is 17.8 Å². The molecule has 1 aromatic rings. The highest BCUT2D eigenvalue weighted by Gasteiger charge is 2.18. The summed E-state index contributed by atoms with van der Waals surface area (Å²) in [5.41, 5.74) is 0.743. The Morgan fingerprint density at radius 1 is 1.59 bits per heavy atom. The van der Waals surface area contributed by atoms with Gasteiger partial charge in [0.1, 0.15) is 0 Å². The third-order valence-electron chi connectivity index (χ3n) is 2.22. The molecule has 1 heterocycles. The number of hydrogen-bond donors (Lipinski definition) is 1. The number of rotatable bonds is 6. The highest BCUT2D eigenvalue weighted by molar-refractivity contribution is 5.92. The lowest BCUT2D eigenvalue weighted by Gasteiger charge is -2.07. The lowest BCUT2D eigenvalue weighted by atomic mass is 10.2. The molecule has 5 heteroatoms. The first-order valence-corrected chi connectivity index (χ1v) is 5.28. The van der Waals surface area contributed by atoms with Gasteiger partial charge in [0.2, 0.25) is 0 Å². The first-order chi connectivity index (χ1) is 8.10. The Kier molecular flexibility index (Phi) is 4.51. The van der Waals surface area contributed by atoms with E-state index in [-0.39, 0.29) is 13.0 Å². The molecular weight excluding hydrogens is 222 g/mol. The number of aliphatic carboxylic acids is 1. The zero-order chi connectivity index (χ0) is 12.8. The summed E-state index contributed by atoms with van der Waals surface area (Å²) in [4.78, 5) is 22.4. The Balaban J connectivity index is 3.07. The second-order valence-corrected chi connectivity index (χ2v) is 3.41. The molecule has 0 radical (unpaired) electrons. The Labute approximate surface area is 99.3 Å². The zero-order valence-electron chi connectivity index (χ0n) is 9.68. The van der Waals surface area contributed by atoms with Crippen LogP contribution >= 0.6 is 0 Å². The Bertz CT molecular complexity index is 434. The second kappa shape index (κ2) is 5.89. The van der Waals surface area contributed by atoms with Gasteiger partial charge in [0.25, 0.3) is 0 Å². The fourth-order valence-corrected chi connectivity index (χ4v) is 1.55. The molecule has 0 spiro atoms. The molecule has 0 atom stereocenters. The number of carboxylic acid groups (broad SMARTS) is 1. The van der Waals surface area contributed by atoms with Crippen LogP contribution in [0, 0.1) is 0 Å². The van der Waals surface area contributed by atoms with Crippen molar-refractivity contribution in [1.82, 2.24) is 4.57 Å². The largest absolute Gasteiger partial charge is 0.481 e. The molecule has 17 heavy (non-hydrogen) atoms.